The fourth-order valence-corrected chi connectivity index (χ4v) is 0.572. The van der Waals surface area contributed by atoms with E-state index in [1.165, 1.54) is 27.7 Å². The van der Waals surface area contributed by atoms with Gasteiger partial charge in [0.2, 0.25) is 0 Å². The van der Waals surface area contributed by atoms with E-state index in [0.29, 0.717) is 0 Å². The number of ketones is 2. The summed E-state index contributed by atoms with van der Waals surface area (Å²) in [6.45, 7) is 5.39. The Morgan fingerprint density at radius 1 is 0.800 bits per heavy atom. The molecule has 0 aromatic heterocycles. The molecule has 0 aliphatic rings. The Kier molecular flexibility index (Phi) is 14.3. The molecule has 0 N–H and O–H groups in total. The minimum atomic E-state index is -0.187. The van der Waals surface area contributed by atoms with Crippen LogP contribution in [0.5, 0.6) is 0 Å². The molecule has 0 aliphatic heterocycles. The van der Waals surface area contributed by atoms with Gasteiger partial charge < -0.3 is 10.2 Å². The van der Waals surface area contributed by atoms with E-state index in [4.69, 9.17) is 0 Å². The Morgan fingerprint density at radius 3 is 1.00 bits per heavy atom. The molecule has 0 heterocycles. The Bertz CT molecular complexity index is 231. The third-order valence-electron chi connectivity index (χ3n) is 0.813. The smallest absolute Gasteiger partial charge is 0.151 e. The standard InChI is InChI=1S/2C5H8O2.Co/c2*1-4(6)3-5(2)7;/h2*3,6H,1-2H3;/p-2/b2*4-3-;. The molecule has 0 aromatic rings. The number of hydrogen-bond acceptors (Lipinski definition) is 4. The summed E-state index contributed by atoms with van der Waals surface area (Å²) < 4.78 is 0. The van der Waals surface area contributed by atoms with Crippen molar-refractivity contribution in [3.63, 3.8) is 0 Å². The van der Waals surface area contributed by atoms with Crippen LogP contribution in [0.2, 0.25) is 0 Å². The molecule has 0 amide bonds. The van der Waals surface area contributed by atoms with Crippen LogP contribution in [0.4, 0.5) is 0 Å². The molecule has 0 saturated carbocycles. The summed E-state index contributed by atoms with van der Waals surface area (Å²) in [6, 6.07) is 0. The van der Waals surface area contributed by atoms with E-state index in [1.54, 1.807) is 0 Å². The molecule has 0 bridgehead atoms. The fourth-order valence-electron chi connectivity index (χ4n) is 0.572. The molecule has 0 atom stereocenters. The summed E-state index contributed by atoms with van der Waals surface area (Å²) in [5.74, 6) is -0.750. The first-order valence-electron chi connectivity index (χ1n) is 3.97. The van der Waals surface area contributed by atoms with Crippen LogP contribution >= 0.6 is 0 Å². The van der Waals surface area contributed by atoms with Crippen LogP contribution < -0.4 is 10.2 Å². The Labute approximate surface area is 99.9 Å². The van der Waals surface area contributed by atoms with Crippen molar-refractivity contribution in [2.45, 2.75) is 27.7 Å². The SMILES string of the molecule is CC(=O)/C=C(/C)[O-].CC(=O)/C=C(/C)[O-].[Co]. The third-order valence-corrected chi connectivity index (χ3v) is 0.813. The van der Waals surface area contributed by atoms with Gasteiger partial charge in [-0.05, 0) is 26.0 Å². The first kappa shape index (κ1) is 19.5. The van der Waals surface area contributed by atoms with Gasteiger partial charge in [-0.2, -0.15) is 0 Å². The molecule has 0 aliphatic carbocycles. The van der Waals surface area contributed by atoms with Crippen molar-refractivity contribution in [2.24, 2.45) is 0 Å². The first-order valence-corrected chi connectivity index (χ1v) is 3.97. The van der Waals surface area contributed by atoms with Gasteiger partial charge in [-0.15, -0.1) is 11.5 Å². The Balaban J connectivity index is -0.000000180. The van der Waals surface area contributed by atoms with Crippen LogP contribution in [0.1, 0.15) is 27.7 Å². The largest absolute Gasteiger partial charge is 0.876 e. The predicted octanol–water partition coefficient (Wildman–Crippen LogP) is -0.324. The first-order chi connectivity index (χ1) is 6.25. The molecular weight excluding hydrogens is 243 g/mol. The van der Waals surface area contributed by atoms with Gasteiger partial charge in [-0.3, -0.25) is 9.59 Å². The van der Waals surface area contributed by atoms with E-state index >= 15 is 0 Å². The van der Waals surface area contributed by atoms with Crippen molar-refractivity contribution in [3.8, 4) is 0 Å². The van der Waals surface area contributed by atoms with Gasteiger partial charge in [0.1, 0.15) is 0 Å². The Morgan fingerprint density at radius 2 is 1.00 bits per heavy atom. The molecule has 0 saturated heterocycles. The van der Waals surface area contributed by atoms with Crippen LogP contribution in [0, 0.1) is 0 Å². The maximum absolute atomic E-state index is 9.98. The van der Waals surface area contributed by atoms with Crippen LogP contribution in [-0.2, 0) is 26.4 Å². The van der Waals surface area contributed by atoms with E-state index < -0.39 is 0 Å². The number of carbonyl (C=O) groups is 2. The number of carbonyl (C=O) groups excluding carboxylic acids is 2. The number of hydrogen-bond donors (Lipinski definition) is 0. The Hall–Kier alpha value is -1.07. The summed E-state index contributed by atoms with van der Waals surface area (Å²) in [4.78, 5) is 20.0. The second-order valence-electron chi connectivity index (χ2n) is 2.73. The van der Waals surface area contributed by atoms with E-state index in [2.05, 4.69) is 0 Å². The van der Waals surface area contributed by atoms with Crippen LogP contribution in [0.25, 0.3) is 0 Å². The van der Waals surface area contributed by atoms with Crippen LogP contribution in [0.3, 0.4) is 0 Å². The normalized spacial score (nSPS) is 10.7. The average molecular weight is 257 g/mol. The topological polar surface area (TPSA) is 80.3 Å². The zero-order valence-corrected chi connectivity index (χ0v) is 10.2. The summed E-state index contributed by atoms with van der Waals surface area (Å²) >= 11 is 0. The molecule has 15 heavy (non-hydrogen) atoms. The van der Waals surface area contributed by atoms with Gasteiger partial charge in [0, 0.05) is 16.8 Å². The zero-order valence-electron chi connectivity index (χ0n) is 9.12. The molecule has 4 nitrogen and oxygen atoms in total. The van der Waals surface area contributed by atoms with Gasteiger partial charge in [-0.25, -0.2) is 0 Å². The molecule has 0 aromatic carbocycles. The molecule has 0 rings (SSSR count). The van der Waals surface area contributed by atoms with Crippen LogP contribution in [0.15, 0.2) is 23.7 Å². The van der Waals surface area contributed by atoms with Crippen molar-refractivity contribution >= 4 is 11.6 Å². The summed E-state index contributed by atoms with van der Waals surface area (Å²) in [5, 5.41) is 20.0. The van der Waals surface area contributed by atoms with Crippen molar-refractivity contribution in [1.29, 1.82) is 0 Å². The second-order valence-corrected chi connectivity index (χ2v) is 2.73. The van der Waals surface area contributed by atoms with E-state index in [-0.39, 0.29) is 39.9 Å². The predicted molar refractivity (Wildman–Crippen MR) is 48.9 cm³/mol. The maximum atomic E-state index is 9.98. The molecule has 5 heteroatoms. The molecule has 0 spiro atoms. The van der Waals surface area contributed by atoms with Crippen LogP contribution in [-0.4, -0.2) is 11.6 Å². The van der Waals surface area contributed by atoms with Gasteiger partial charge in [0.05, 0.1) is 0 Å². The van der Waals surface area contributed by atoms with Crippen molar-refractivity contribution < 1.29 is 36.6 Å². The summed E-state index contributed by atoms with van der Waals surface area (Å²) in [5.41, 5.74) is 0. The second kappa shape index (κ2) is 11.0. The molecule has 0 unspecified atom stereocenters. The molecule has 1 radical (unpaired) electrons. The summed E-state index contributed by atoms with van der Waals surface area (Å²) in [7, 11) is 0. The minimum absolute atomic E-state index is 0. The van der Waals surface area contributed by atoms with Crippen molar-refractivity contribution in [2.75, 3.05) is 0 Å². The van der Waals surface area contributed by atoms with Crippen molar-refractivity contribution in [3.05, 3.63) is 23.7 Å². The van der Waals surface area contributed by atoms with Crippen molar-refractivity contribution in [1.82, 2.24) is 0 Å². The molecule has 0 fully saturated rings. The van der Waals surface area contributed by atoms with Gasteiger partial charge in [0.15, 0.2) is 11.6 Å². The third kappa shape index (κ3) is 32.2. The van der Waals surface area contributed by atoms with Gasteiger partial charge >= 0.3 is 0 Å². The number of rotatable bonds is 2. The molecular formula is C10H14CoO4-2. The van der Waals surface area contributed by atoms with E-state index in [0.717, 1.165) is 12.2 Å². The summed E-state index contributed by atoms with van der Waals surface area (Å²) in [6.07, 6.45) is 2.11. The quantitative estimate of drug-likeness (QED) is 0.501. The molecule has 89 valence electrons. The zero-order chi connectivity index (χ0) is 11.7. The fraction of sp³-hybridized carbons (Fsp3) is 0.400. The van der Waals surface area contributed by atoms with E-state index in [1.807, 2.05) is 0 Å². The van der Waals surface area contributed by atoms with E-state index in [9.17, 15) is 19.8 Å². The average Bonchev–Trinajstić information content (AvgIpc) is 1.79. The maximum Gasteiger partial charge on any atom is 0.151 e. The van der Waals surface area contributed by atoms with Gasteiger partial charge in [0.25, 0.3) is 0 Å². The monoisotopic (exact) mass is 257 g/mol. The number of allylic oxidation sites excluding steroid dienone is 4. The van der Waals surface area contributed by atoms with Gasteiger partial charge in [-0.1, -0.05) is 13.8 Å². The minimum Gasteiger partial charge on any atom is -0.876 e.